The lowest BCUT2D eigenvalue weighted by molar-refractivity contribution is -0.140. The van der Waals surface area contributed by atoms with Crippen LogP contribution in [-0.2, 0) is 19.1 Å². The van der Waals surface area contributed by atoms with E-state index < -0.39 is 30.3 Å². The van der Waals surface area contributed by atoms with Crippen molar-refractivity contribution in [2.24, 2.45) is 0 Å². The molecule has 0 aromatic rings. The lowest BCUT2D eigenvalue weighted by Gasteiger charge is -2.09. The summed E-state index contributed by atoms with van der Waals surface area (Å²) in [5.74, 6) is -1.09. The van der Waals surface area contributed by atoms with Crippen molar-refractivity contribution in [3.05, 3.63) is 0 Å². The van der Waals surface area contributed by atoms with Crippen LogP contribution in [0, 0.1) is 0 Å². The van der Waals surface area contributed by atoms with E-state index in [2.05, 4.69) is 14.8 Å². The molecule has 0 aliphatic heterocycles. The molecule has 1 amide bonds. The third kappa shape index (κ3) is 8.82. The largest absolute Gasteiger partial charge is 0.468 e. The minimum Gasteiger partial charge on any atom is -0.468 e. The average Bonchev–Trinajstić information content (AvgIpc) is 2.30. The molecule has 0 spiro atoms. The highest BCUT2D eigenvalue weighted by Gasteiger charge is 2.16. The van der Waals surface area contributed by atoms with Crippen molar-refractivity contribution in [2.45, 2.75) is 18.2 Å². The van der Waals surface area contributed by atoms with Gasteiger partial charge in [-0.15, -0.1) is 11.6 Å². The predicted octanol–water partition coefficient (Wildman–Crippen LogP) is 0.555. The van der Waals surface area contributed by atoms with Crippen molar-refractivity contribution in [3.63, 3.8) is 0 Å². The van der Waals surface area contributed by atoms with E-state index in [4.69, 9.17) is 11.6 Å². The Labute approximate surface area is 102 Å². The fourth-order valence-corrected chi connectivity index (χ4v) is 1.01. The Bertz CT molecular complexity index is 253. The first-order valence-electron chi connectivity index (χ1n) is 4.81. The molecule has 0 aromatic carbocycles. The second-order valence-corrected chi connectivity index (χ2v) is 3.54. The van der Waals surface area contributed by atoms with Gasteiger partial charge < -0.3 is 14.8 Å². The Morgan fingerprint density at radius 1 is 1.41 bits per heavy atom. The molecule has 0 saturated carbocycles. The standard InChI is InChI=1S/C9H14ClF2NO4/c1-16-9(15)6(10)4-13-8(14)2-3-17-5-7(11)12/h6-7H,2-5H2,1H3,(H,13,14). The Morgan fingerprint density at radius 2 is 2.06 bits per heavy atom. The van der Waals surface area contributed by atoms with Gasteiger partial charge in [-0.2, -0.15) is 0 Å². The minimum atomic E-state index is -2.55. The maximum atomic E-state index is 11.6. The smallest absolute Gasteiger partial charge is 0.325 e. The number of hydrogen-bond donors (Lipinski definition) is 1. The molecule has 0 bridgehead atoms. The maximum absolute atomic E-state index is 11.6. The van der Waals surface area contributed by atoms with Crippen LogP contribution in [0.15, 0.2) is 0 Å². The van der Waals surface area contributed by atoms with Gasteiger partial charge in [0.1, 0.15) is 12.0 Å². The van der Waals surface area contributed by atoms with Crippen LogP contribution in [0.4, 0.5) is 8.78 Å². The molecular weight excluding hydrogens is 260 g/mol. The van der Waals surface area contributed by atoms with E-state index >= 15 is 0 Å². The highest BCUT2D eigenvalue weighted by Crippen LogP contribution is 1.97. The Morgan fingerprint density at radius 3 is 2.59 bits per heavy atom. The summed E-state index contributed by atoms with van der Waals surface area (Å²) in [7, 11) is 1.18. The summed E-state index contributed by atoms with van der Waals surface area (Å²) in [5.41, 5.74) is 0. The lowest BCUT2D eigenvalue weighted by Crippen LogP contribution is -2.34. The van der Waals surface area contributed by atoms with Gasteiger partial charge in [-0.25, -0.2) is 8.78 Å². The van der Waals surface area contributed by atoms with Gasteiger partial charge in [-0.3, -0.25) is 9.59 Å². The second kappa shape index (κ2) is 9.12. The van der Waals surface area contributed by atoms with Gasteiger partial charge in [0.25, 0.3) is 6.43 Å². The van der Waals surface area contributed by atoms with Gasteiger partial charge in [-0.1, -0.05) is 0 Å². The lowest BCUT2D eigenvalue weighted by atomic mass is 10.3. The van der Waals surface area contributed by atoms with Crippen LogP contribution in [0.2, 0.25) is 0 Å². The molecule has 0 saturated heterocycles. The first-order valence-corrected chi connectivity index (χ1v) is 5.25. The van der Waals surface area contributed by atoms with E-state index in [1.807, 2.05) is 0 Å². The number of hydrogen-bond acceptors (Lipinski definition) is 4. The zero-order valence-corrected chi connectivity index (χ0v) is 10.0. The van der Waals surface area contributed by atoms with Crippen molar-refractivity contribution in [2.75, 3.05) is 26.9 Å². The molecule has 8 heteroatoms. The molecule has 0 aliphatic carbocycles. The molecule has 1 N–H and O–H groups in total. The molecular formula is C9H14ClF2NO4. The third-order valence-corrected chi connectivity index (χ3v) is 1.99. The number of carbonyl (C=O) groups excluding carboxylic acids is 2. The van der Waals surface area contributed by atoms with Crippen molar-refractivity contribution in [1.82, 2.24) is 5.32 Å². The predicted molar refractivity (Wildman–Crippen MR) is 56.1 cm³/mol. The molecule has 0 aliphatic rings. The van der Waals surface area contributed by atoms with Gasteiger partial charge in [-0.05, 0) is 0 Å². The Balaban J connectivity index is 3.56. The maximum Gasteiger partial charge on any atom is 0.325 e. The van der Waals surface area contributed by atoms with E-state index in [0.29, 0.717) is 0 Å². The van der Waals surface area contributed by atoms with Crippen LogP contribution in [0.3, 0.4) is 0 Å². The number of esters is 1. The fourth-order valence-electron chi connectivity index (χ4n) is 0.840. The van der Waals surface area contributed by atoms with E-state index in [-0.39, 0.29) is 19.6 Å². The monoisotopic (exact) mass is 273 g/mol. The van der Waals surface area contributed by atoms with E-state index in [1.165, 1.54) is 7.11 Å². The SMILES string of the molecule is COC(=O)C(Cl)CNC(=O)CCOCC(F)F. The summed E-state index contributed by atoms with van der Waals surface area (Å²) in [4.78, 5) is 22.0. The number of ether oxygens (including phenoxy) is 2. The highest BCUT2D eigenvalue weighted by molar-refractivity contribution is 6.30. The quantitative estimate of drug-likeness (QED) is 0.399. The van der Waals surface area contributed by atoms with Crippen LogP contribution >= 0.6 is 11.6 Å². The summed E-state index contributed by atoms with van der Waals surface area (Å²) >= 11 is 5.56. The van der Waals surface area contributed by atoms with Crippen molar-refractivity contribution in [1.29, 1.82) is 0 Å². The van der Waals surface area contributed by atoms with Gasteiger partial charge in [0, 0.05) is 13.0 Å². The average molecular weight is 274 g/mol. The fraction of sp³-hybridized carbons (Fsp3) is 0.778. The van der Waals surface area contributed by atoms with E-state index in [0.717, 1.165) is 0 Å². The second-order valence-electron chi connectivity index (χ2n) is 3.01. The van der Waals surface area contributed by atoms with Crippen LogP contribution < -0.4 is 5.32 Å². The molecule has 0 heterocycles. The molecule has 0 fully saturated rings. The number of alkyl halides is 3. The molecule has 1 atom stereocenters. The Kier molecular flexibility index (Phi) is 8.61. The van der Waals surface area contributed by atoms with Crippen LogP contribution in [-0.4, -0.2) is 50.5 Å². The van der Waals surface area contributed by atoms with Crippen LogP contribution in [0.25, 0.3) is 0 Å². The zero-order valence-electron chi connectivity index (χ0n) is 9.25. The number of nitrogens with one attached hydrogen (secondary N) is 1. The summed E-state index contributed by atoms with van der Waals surface area (Å²) < 4.78 is 32.1. The summed E-state index contributed by atoms with van der Waals surface area (Å²) in [5, 5.41) is 1.38. The van der Waals surface area contributed by atoms with Crippen LogP contribution in [0.1, 0.15) is 6.42 Å². The highest BCUT2D eigenvalue weighted by atomic mass is 35.5. The first-order chi connectivity index (χ1) is 7.97. The Hall–Kier alpha value is -0.950. The number of halogens is 3. The molecule has 100 valence electrons. The van der Waals surface area contributed by atoms with Crippen molar-refractivity contribution in [3.8, 4) is 0 Å². The van der Waals surface area contributed by atoms with E-state index in [1.54, 1.807) is 0 Å². The molecule has 0 radical (unpaired) electrons. The molecule has 1 unspecified atom stereocenters. The topological polar surface area (TPSA) is 64.6 Å². The van der Waals surface area contributed by atoms with Crippen molar-refractivity contribution < 1.29 is 27.8 Å². The van der Waals surface area contributed by atoms with Gasteiger partial charge in [0.2, 0.25) is 5.91 Å². The van der Waals surface area contributed by atoms with Gasteiger partial charge in [0.15, 0.2) is 0 Å². The normalized spacial score (nSPS) is 12.3. The van der Waals surface area contributed by atoms with Gasteiger partial charge >= 0.3 is 5.97 Å². The molecule has 0 rings (SSSR count). The zero-order chi connectivity index (χ0) is 13.3. The third-order valence-electron chi connectivity index (χ3n) is 1.65. The molecule has 0 aromatic heterocycles. The van der Waals surface area contributed by atoms with Crippen LogP contribution in [0.5, 0.6) is 0 Å². The molecule has 17 heavy (non-hydrogen) atoms. The summed E-state index contributed by atoms with van der Waals surface area (Å²) in [6.45, 7) is -0.892. The molecule has 5 nitrogen and oxygen atoms in total. The first kappa shape index (κ1) is 16.1. The number of amides is 1. The minimum absolute atomic E-state index is 0.0719. The summed E-state index contributed by atoms with van der Waals surface area (Å²) in [6.07, 6.45) is -2.62. The summed E-state index contributed by atoms with van der Waals surface area (Å²) in [6, 6.07) is 0. The number of carbonyl (C=O) groups is 2. The van der Waals surface area contributed by atoms with E-state index in [9.17, 15) is 18.4 Å². The number of rotatable bonds is 8. The van der Waals surface area contributed by atoms with Crippen molar-refractivity contribution >= 4 is 23.5 Å². The van der Waals surface area contributed by atoms with Gasteiger partial charge in [0.05, 0.1) is 13.7 Å². The number of methoxy groups -OCH3 is 1.